The van der Waals surface area contributed by atoms with Gasteiger partial charge in [-0.25, -0.2) is 0 Å². The van der Waals surface area contributed by atoms with Gasteiger partial charge >= 0.3 is 0 Å². The second-order valence-electron chi connectivity index (χ2n) is 4.73. The Kier molecular flexibility index (Phi) is 4.69. The Morgan fingerprint density at radius 2 is 1.88 bits per heavy atom. The third-order valence-corrected chi connectivity index (χ3v) is 2.94. The standard InChI is InChI=1S/C14H21NO/c1-4-12-5-7-13(8-6-12)14(2,3)11-15-9-10-16/h5-8,10,15H,4,9,11H2,1-3H3. The van der Waals surface area contributed by atoms with E-state index in [9.17, 15) is 4.79 Å². The highest BCUT2D eigenvalue weighted by Gasteiger charge is 2.19. The number of aryl methyl sites for hydroxylation is 1. The molecule has 0 spiro atoms. The number of hydrogen-bond donors (Lipinski definition) is 1. The molecule has 1 aromatic rings. The number of rotatable bonds is 6. The first kappa shape index (κ1) is 12.9. The maximum absolute atomic E-state index is 10.2. The minimum Gasteiger partial charge on any atom is -0.309 e. The minimum atomic E-state index is 0.0648. The maximum atomic E-state index is 10.2. The van der Waals surface area contributed by atoms with Crippen LogP contribution in [0.3, 0.4) is 0 Å². The molecule has 1 aromatic carbocycles. The van der Waals surface area contributed by atoms with E-state index in [1.54, 1.807) is 0 Å². The fourth-order valence-electron chi connectivity index (χ4n) is 1.74. The van der Waals surface area contributed by atoms with Crippen molar-refractivity contribution in [3.8, 4) is 0 Å². The van der Waals surface area contributed by atoms with Crippen molar-refractivity contribution < 1.29 is 4.79 Å². The second kappa shape index (κ2) is 5.80. The average Bonchev–Trinajstić information content (AvgIpc) is 2.29. The van der Waals surface area contributed by atoms with Crippen molar-refractivity contribution in [2.75, 3.05) is 13.1 Å². The minimum absolute atomic E-state index is 0.0648. The summed E-state index contributed by atoms with van der Waals surface area (Å²) >= 11 is 0. The average molecular weight is 219 g/mol. The molecule has 0 atom stereocenters. The van der Waals surface area contributed by atoms with E-state index in [4.69, 9.17) is 0 Å². The third kappa shape index (κ3) is 3.46. The quantitative estimate of drug-likeness (QED) is 0.587. The van der Waals surface area contributed by atoms with Crippen molar-refractivity contribution in [3.05, 3.63) is 35.4 Å². The van der Waals surface area contributed by atoms with Gasteiger partial charge in [0.15, 0.2) is 0 Å². The molecule has 0 heterocycles. The third-order valence-electron chi connectivity index (χ3n) is 2.94. The zero-order valence-electron chi connectivity index (χ0n) is 10.4. The van der Waals surface area contributed by atoms with Gasteiger partial charge in [-0.15, -0.1) is 0 Å². The largest absolute Gasteiger partial charge is 0.309 e. The van der Waals surface area contributed by atoms with Crippen LogP contribution in [0.5, 0.6) is 0 Å². The molecular weight excluding hydrogens is 198 g/mol. The lowest BCUT2D eigenvalue weighted by molar-refractivity contribution is -0.107. The van der Waals surface area contributed by atoms with Crippen molar-refractivity contribution in [3.63, 3.8) is 0 Å². The summed E-state index contributed by atoms with van der Waals surface area (Å²) in [5.74, 6) is 0. The fraction of sp³-hybridized carbons (Fsp3) is 0.500. The number of benzene rings is 1. The van der Waals surface area contributed by atoms with Crippen LogP contribution in [0.1, 0.15) is 31.9 Å². The van der Waals surface area contributed by atoms with Gasteiger partial charge in [0.05, 0.1) is 6.54 Å². The molecule has 2 nitrogen and oxygen atoms in total. The van der Waals surface area contributed by atoms with Gasteiger partial charge in [0.1, 0.15) is 6.29 Å². The van der Waals surface area contributed by atoms with E-state index in [0.717, 1.165) is 19.3 Å². The fourth-order valence-corrected chi connectivity index (χ4v) is 1.74. The van der Waals surface area contributed by atoms with Gasteiger partial charge in [-0.2, -0.15) is 0 Å². The highest BCUT2D eigenvalue weighted by atomic mass is 16.1. The Labute approximate surface area is 98.1 Å². The molecule has 0 aliphatic rings. The molecule has 0 unspecified atom stereocenters. The van der Waals surface area contributed by atoms with Crippen LogP contribution >= 0.6 is 0 Å². The number of nitrogens with one attached hydrogen (secondary N) is 1. The first-order valence-electron chi connectivity index (χ1n) is 5.84. The summed E-state index contributed by atoms with van der Waals surface area (Å²) in [6.45, 7) is 7.77. The topological polar surface area (TPSA) is 29.1 Å². The van der Waals surface area contributed by atoms with Crippen LogP contribution < -0.4 is 5.32 Å². The van der Waals surface area contributed by atoms with E-state index in [-0.39, 0.29) is 5.41 Å². The molecule has 1 rings (SSSR count). The van der Waals surface area contributed by atoms with Crippen molar-refractivity contribution in [2.24, 2.45) is 0 Å². The molecule has 0 aromatic heterocycles. The molecule has 16 heavy (non-hydrogen) atoms. The molecular formula is C14H21NO. The zero-order valence-corrected chi connectivity index (χ0v) is 10.4. The molecule has 0 radical (unpaired) electrons. The van der Waals surface area contributed by atoms with Gasteiger partial charge in [-0.3, -0.25) is 0 Å². The summed E-state index contributed by atoms with van der Waals surface area (Å²) < 4.78 is 0. The van der Waals surface area contributed by atoms with Gasteiger partial charge in [-0.05, 0) is 17.5 Å². The monoisotopic (exact) mass is 219 g/mol. The SMILES string of the molecule is CCc1ccc(C(C)(C)CNCC=O)cc1. The second-order valence-corrected chi connectivity index (χ2v) is 4.73. The molecule has 88 valence electrons. The van der Waals surface area contributed by atoms with Gasteiger partial charge in [-0.1, -0.05) is 45.0 Å². The van der Waals surface area contributed by atoms with Gasteiger partial charge < -0.3 is 10.1 Å². The summed E-state index contributed by atoms with van der Waals surface area (Å²) in [4.78, 5) is 10.2. The van der Waals surface area contributed by atoms with Crippen molar-refractivity contribution in [2.45, 2.75) is 32.6 Å². The highest BCUT2D eigenvalue weighted by Crippen LogP contribution is 2.22. The molecule has 0 aliphatic carbocycles. The lowest BCUT2D eigenvalue weighted by Crippen LogP contribution is -2.33. The number of carbonyl (C=O) groups is 1. The van der Waals surface area contributed by atoms with Gasteiger partial charge in [0.25, 0.3) is 0 Å². The van der Waals surface area contributed by atoms with Crippen LogP contribution in [0.2, 0.25) is 0 Å². The normalized spacial score (nSPS) is 11.4. The van der Waals surface area contributed by atoms with Crippen molar-refractivity contribution >= 4 is 6.29 Å². The first-order valence-corrected chi connectivity index (χ1v) is 5.84. The number of hydrogen-bond acceptors (Lipinski definition) is 2. The van der Waals surface area contributed by atoms with Crippen LogP contribution in [0, 0.1) is 0 Å². The lowest BCUT2D eigenvalue weighted by atomic mass is 9.84. The summed E-state index contributed by atoms with van der Waals surface area (Å²) in [5.41, 5.74) is 2.73. The summed E-state index contributed by atoms with van der Waals surface area (Å²) in [6, 6.07) is 8.72. The molecule has 0 saturated carbocycles. The van der Waals surface area contributed by atoms with Crippen LogP contribution in [-0.4, -0.2) is 19.4 Å². The van der Waals surface area contributed by atoms with E-state index in [0.29, 0.717) is 6.54 Å². The summed E-state index contributed by atoms with van der Waals surface area (Å²) in [5, 5.41) is 3.13. The molecule has 0 fully saturated rings. The predicted molar refractivity (Wildman–Crippen MR) is 67.8 cm³/mol. The smallest absolute Gasteiger partial charge is 0.133 e. The van der Waals surface area contributed by atoms with Crippen LogP contribution in [-0.2, 0) is 16.6 Å². The highest BCUT2D eigenvalue weighted by molar-refractivity contribution is 5.51. The number of aldehydes is 1. The predicted octanol–water partition coefficient (Wildman–Crippen LogP) is 2.32. The van der Waals surface area contributed by atoms with Crippen LogP contribution in [0.4, 0.5) is 0 Å². The zero-order chi connectivity index (χ0) is 12.0. The van der Waals surface area contributed by atoms with E-state index in [1.165, 1.54) is 11.1 Å². The Hall–Kier alpha value is -1.15. The Morgan fingerprint density at radius 3 is 2.38 bits per heavy atom. The first-order chi connectivity index (χ1) is 7.60. The summed E-state index contributed by atoms with van der Waals surface area (Å²) in [7, 11) is 0. The molecule has 1 N–H and O–H groups in total. The van der Waals surface area contributed by atoms with E-state index in [2.05, 4.69) is 50.4 Å². The molecule has 0 amide bonds. The molecule has 2 heteroatoms. The molecule has 0 aliphatic heterocycles. The van der Waals surface area contributed by atoms with Gasteiger partial charge in [0, 0.05) is 12.0 Å². The maximum Gasteiger partial charge on any atom is 0.133 e. The number of carbonyl (C=O) groups excluding carboxylic acids is 1. The van der Waals surface area contributed by atoms with Crippen LogP contribution in [0.15, 0.2) is 24.3 Å². The van der Waals surface area contributed by atoms with Crippen molar-refractivity contribution in [1.29, 1.82) is 0 Å². The Bertz CT molecular complexity index is 327. The van der Waals surface area contributed by atoms with Crippen molar-refractivity contribution in [1.82, 2.24) is 5.32 Å². The van der Waals surface area contributed by atoms with E-state index < -0.39 is 0 Å². The van der Waals surface area contributed by atoms with E-state index >= 15 is 0 Å². The molecule has 0 saturated heterocycles. The lowest BCUT2D eigenvalue weighted by Gasteiger charge is -2.25. The van der Waals surface area contributed by atoms with E-state index in [1.807, 2.05) is 0 Å². The Morgan fingerprint density at radius 1 is 1.25 bits per heavy atom. The molecule has 0 bridgehead atoms. The van der Waals surface area contributed by atoms with Crippen LogP contribution in [0.25, 0.3) is 0 Å². The Balaban J connectivity index is 2.68. The summed E-state index contributed by atoms with van der Waals surface area (Å²) in [6.07, 6.45) is 1.97. The van der Waals surface area contributed by atoms with Gasteiger partial charge in [0.2, 0.25) is 0 Å².